The minimum Gasteiger partial charge on any atom is -0.382 e. The first-order valence-corrected chi connectivity index (χ1v) is 9.89. The van der Waals surface area contributed by atoms with E-state index in [1.807, 2.05) is 12.1 Å². The molecule has 1 fully saturated rings. The SMILES string of the molecule is CN=C(NCCCc1ccc(Br)cc1F)N1CCC(COCCOC)C1. The first-order valence-electron chi connectivity index (χ1n) is 9.10. The summed E-state index contributed by atoms with van der Waals surface area (Å²) in [5.74, 6) is 1.29. The second-order valence-electron chi connectivity index (χ2n) is 6.48. The second kappa shape index (κ2) is 11.5. The predicted octanol–water partition coefficient (Wildman–Crippen LogP) is 3.08. The minimum atomic E-state index is -0.153. The molecule has 1 aliphatic rings. The van der Waals surface area contributed by atoms with Gasteiger partial charge in [0.2, 0.25) is 0 Å². The zero-order valence-electron chi connectivity index (χ0n) is 15.6. The zero-order chi connectivity index (χ0) is 18.8. The van der Waals surface area contributed by atoms with E-state index in [1.165, 1.54) is 6.07 Å². The number of aliphatic imine (C=N–C) groups is 1. The number of guanidine groups is 1. The summed E-state index contributed by atoms with van der Waals surface area (Å²) >= 11 is 3.28. The van der Waals surface area contributed by atoms with Crippen molar-refractivity contribution >= 4 is 21.9 Å². The van der Waals surface area contributed by atoms with Crippen molar-refractivity contribution in [3.63, 3.8) is 0 Å². The van der Waals surface area contributed by atoms with Crippen LogP contribution in [-0.4, -0.2) is 64.5 Å². The van der Waals surface area contributed by atoms with Crippen LogP contribution < -0.4 is 5.32 Å². The Bertz CT molecular complexity index is 586. The number of ether oxygens (including phenoxy) is 2. The van der Waals surface area contributed by atoms with Crippen LogP contribution in [0.3, 0.4) is 0 Å². The van der Waals surface area contributed by atoms with Gasteiger partial charge >= 0.3 is 0 Å². The van der Waals surface area contributed by atoms with Crippen LogP contribution in [0.25, 0.3) is 0 Å². The first-order chi connectivity index (χ1) is 12.6. The fourth-order valence-corrected chi connectivity index (χ4v) is 3.42. The van der Waals surface area contributed by atoms with Gasteiger partial charge in [-0.2, -0.15) is 0 Å². The number of hydrogen-bond acceptors (Lipinski definition) is 3. The minimum absolute atomic E-state index is 0.153. The molecule has 1 aliphatic heterocycles. The number of methoxy groups -OCH3 is 1. The summed E-state index contributed by atoms with van der Waals surface area (Å²) in [5, 5.41) is 3.39. The Morgan fingerprint density at radius 2 is 2.27 bits per heavy atom. The lowest BCUT2D eigenvalue weighted by Gasteiger charge is -2.21. The monoisotopic (exact) mass is 429 g/mol. The number of benzene rings is 1. The van der Waals surface area contributed by atoms with Gasteiger partial charge in [0.25, 0.3) is 0 Å². The normalized spacial score (nSPS) is 17.8. The molecule has 1 heterocycles. The van der Waals surface area contributed by atoms with Crippen molar-refractivity contribution in [2.24, 2.45) is 10.9 Å². The van der Waals surface area contributed by atoms with Gasteiger partial charge in [-0.3, -0.25) is 4.99 Å². The molecular formula is C19H29BrFN3O2. The molecule has 0 saturated carbocycles. The lowest BCUT2D eigenvalue weighted by molar-refractivity contribution is 0.0536. The molecule has 7 heteroatoms. The van der Waals surface area contributed by atoms with Crippen molar-refractivity contribution in [2.45, 2.75) is 19.3 Å². The van der Waals surface area contributed by atoms with Crippen molar-refractivity contribution in [3.8, 4) is 0 Å². The highest BCUT2D eigenvalue weighted by Gasteiger charge is 2.24. The number of nitrogens with zero attached hydrogens (tertiary/aromatic N) is 2. The number of hydrogen-bond donors (Lipinski definition) is 1. The largest absolute Gasteiger partial charge is 0.382 e. The molecule has 1 saturated heterocycles. The maximum atomic E-state index is 13.8. The topological polar surface area (TPSA) is 46.1 Å². The molecule has 0 bridgehead atoms. The van der Waals surface area contributed by atoms with Crippen LogP contribution in [0.1, 0.15) is 18.4 Å². The van der Waals surface area contributed by atoms with Crippen molar-refractivity contribution in [2.75, 3.05) is 53.6 Å². The Balaban J connectivity index is 1.68. The highest BCUT2D eigenvalue weighted by molar-refractivity contribution is 9.10. The first kappa shape index (κ1) is 21.1. The second-order valence-corrected chi connectivity index (χ2v) is 7.40. The number of halogens is 2. The molecule has 1 aromatic rings. The zero-order valence-corrected chi connectivity index (χ0v) is 17.2. The highest BCUT2D eigenvalue weighted by atomic mass is 79.9. The Hall–Kier alpha value is -1.18. The maximum absolute atomic E-state index is 13.8. The van der Waals surface area contributed by atoms with E-state index < -0.39 is 0 Å². The van der Waals surface area contributed by atoms with Crippen molar-refractivity contribution in [1.29, 1.82) is 0 Å². The molecule has 0 aromatic heterocycles. The van der Waals surface area contributed by atoms with Crippen molar-refractivity contribution in [3.05, 3.63) is 34.1 Å². The highest BCUT2D eigenvalue weighted by Crippen LogP contribution is 2.17. The summed E-state index contributed by atoms with van der Waals surface area (Å²) in [7, 11) is 3.49. The molecule has 1 aromatic carbocycles. The number of likely N-dealkylation sites (tertiary alicyclic amines) is 1. The number of aryl methyl sites for hydroxylation is 1. The van der Waals surface area contributed by atoms with Gasteiger partial charge in [0.1, 0.15) is 5.82 Å². The van der Waals surface area contributed by atoms with Gasteiger partial charge in [0, 0.05) is 44.2 Å². The van der Waals surface area contributed by atoms with Gasteiger partial charge in [-0.25, -0.2) is 4.39 Å². The summed E-state index contributed by atoms with van der Waals surface area (Å²) < 4.78 is 25.2. The third kappa shape index (κ3) is 6.85. The molecule has 0 spiro atoms. The molecule has 1 unspecified atom stereocenters. The van der Waals surface area contributed by atoms with E-state index in [2.05, 4.69) is 31.1 Å². The van der Waals surface area contributed by atoms with Crippen LogP contribution in [0.4, 0.5) is 4.39 Å². The van der Waals surface area contributed by atoms with Crippen LogP contribution in [0, 0.1) is 11.7 Å². The summed E-state index contributed by atoms with van der Waals surface area (Å²) in [6.07, 6.45) is 2.67. The fraction of sp³-hybridized carbons (Fsp3) is 0.632. The predicted molar refractivity (Wildman–Crippen MR) is 106 cm³/mol. The summed E-state index contributed by atoms with van der Waals surface area (Å²) in [6, 6.07) is 5.23. The van der Waals surface area contributed by atoms with E-state index in [4.69, 9.17) is 9.47 Å². The average Bonchev–Trinajstić information content (AvgIpc) is 3.09. The molecule has 5 nitrogen and oxygen atoms in total. The lowest BCUT2D eigenvalue weighted by Crippen LogP contribution is -2.40. The van der Waals surface area contributed by atoms with Crippen LogP contribution in [-0.2, 0) is 15.9 Å². The third-order valence-electron chi connectivity index (χ3n) is 4.50. The van der Waals surface area contributed by atoms with Crippen molar-refractivity contribution in [1.82, 2.24) is 10.2 Å². The molecule has 1 N–H and O–H groups in total. The van der Waals surface area contributed by atoms with Crippen LogP contribution >= 0.6 is 15.9 Å². The lowest BCUT2D eigenvalue weighted by atomic mass is 10.1. The maximum Gasteiger partial charge on any atom is 0.193 e. The van der Waals surface area contributed by atoms with E-state index in [1.54, 1.807) is 14.2 Å². The Morgan fingerprint density at radius 1 is 1.42 bits per heavy atom. The average molecular weight is 430 g/mol. The van der Waals surface area contributed by atoms with Gasteiger partial charge in [0.15, 0.2) is 5.96 Å². The van der Waals surface area contributed by atoms with E-state index in [-0.39, 0.29) is 5.82 Å². The molecular weight excluding hydrogens is 401 g/mol. The van der Waals surface area contributed by atoms with E-state index >= 15 is 0 Å². The summed E-state index contributed by atoms with van der Waals surface area (Å²) in [6.45, 7) is 4.76. The van der Waals surface area contributed by atoms with E-state index in [0.717, 1.165) is 55.1 Å². The van der Waals surface area contributed by atoms with Gasteiger partial charge in [-0.15, -0.1) is 0 Å². The van der Waals surface area contributed by atoms with Gasteiger partial charge in [-0.05, 0) is 37.0 Å². The van der Waals surface area contributed by atoms with Gasteiger partial charge in [0.05, 0.1) is 19.8 Å². The van der Waals surface area contributed by atoms with E-state index in [9.17, 15) is 4.39 Å². The van der Waals surface area contributed by atoms with Crippen LogP contribution in [0.5, 0.6) is 0 Å². The van der Waals surface area contributed by atoms with Crippen molar-refractivity contribution < 1.29 is 13.9 Å². The molecule has 146 valence electrons. The molecule has 2 rings (SSSR count). The number of nitrogens with one attached hydrogen (secondary N) is 1. The molecule has 1 atom stereocenters. The molecule has 26 heavy (non-hydrogen) atoms. The fourth-order valence-electron chi connectivity index (χ4n) is 3.09. The Labute approximate surface area is 164 Å². The van der Waals surface area contributed by atoms with Gasteiger partial charge < -0.3 is 19.7 Å². The quantitative estimate of drug-likeness (QED) is 0.372. The Kier molecular flexibility index (Phi) is 9.36. The number of rotatable bonds is 9. The standard InChI is InChI=1S/C19H29BrFN3O2/c1-22-19(24-9-7-15(13-24)14-26-11-10-25-2)23-8-3-4-16-5-6-17(20)12-18(16)21/h5-6,12,15H,3-4,7-11,13-14H2,1-2H3,(H,22,23). The van der Waals surface area contributed by atoms with Crippen LogP contribution in [0.2, 0.25) is 0 Å². The smallest absolute Gasteiger partial charge is 0.193 e. The molecule has 0 radical (unpaired) electrons. The van der Waals surface area contributed by atoms with Crippen LogP contribution in [0.15, 0.2) is 27.7 Å². The Morgan fingerprint density at radius 3 is 3.00 bits per heavy atom. The third-order valence-corrected chi connectivity index (χ3v) is 5.00. The molecule has 0 aliphatic carbocycles. The van der Waals surface area contributed by atoms with E-state index in [0.29, 0.717) is 25.6 Å². The summed E-state index contributed by atoms with van der Waals surface area (Å²) in [5.41, 5.74) is 0.749. The molecule has 0 amide bonds. The van der Waals surface area contributed by atoms with Gasteiger partial charge in [-0.1, -0.05) is 22.0 Å². The summed E-state index contributed by atoms with van der Waals surface area (Å²) in [4.78, 5) is 6.65.